The summed E-state index contributed by atoms with van der Waals surface area (Å²) < 4.78 is 138. The van der Waals surface area contributed by atoms with Gasteiger partial charge in [0.25, 0.3) is 5.92 Å². The highest BCUT2D eigenvalue weighted by atomic mass is 35.5. The Kier molecular flexibility index (Phi) is 12.4. The molecule has 5 aromatic rings. The first-order valence-corrected chi connectivity index (χ1v) is 22.5. The van der Waals surface area contributed by atoms with Gasteiger partial charge in [0.2, 0.25) is 15.9 Å². The van der Waals surface area contributed by atoms with Crippen molar-refractivity contribution in [1.82, 2.24) is 35.2 Å². The maximum absolute atomic E-state index is 15.8. The maximum atomic E-state index is 15.8. The number of aromatic nitrogens is 5. The number of ether oxygens (including phenoxy) is 1. The average Bonchev–Trinajstić information content (AvgIpc) is 3.73. The van der Waals surface area contributed by atoms with Crippen LogP contribution < -0.4 is 15.4 Å². The van der Waals surface area contributed by atoms with Gasteiger partial charge in [-0.2, -0.15) is 32.1 Å². The summed E-state index contributed by atoms with van der Waals surface area (Å²) in [7, 11) is -2.43. The third-order valence-electron chi connectivity index (χ3n) is 10.9. The van der Waals surface area contributed by atoms with Gasteiger partial charge in [-0.3, -0.25) is 18.9 Å². The van der Waals surface area contributed by atoms with E-state index >= 15 is 8.78 Å². The summed E-state index contributed by atoms with van der Waals surface area (Å²) in [5.74, 6) is -4.26. The monoisotopic (exact) mass is 966 g/mol. The van der Waals surface area contributed by atoms with E-state index in [9.17, 15) is 45.1 Å². The molecule has 4 atom stereocenters. The molecule has 0 bridgehead atoms. The van der Waals surface area contributed by atoms with Gasteiger partial charge in [-0.05, 0) is 94.7 Å². The molecule has 3 aromatic heterocycles. The van der Waals surface area contributed by atoms with E-state index in [1.165, 1.54) is 42.9 Å². The Labute approximate surface area is 378 Å². The van der Waals surface area contributed by atoms with Crippen LogP contribution in [0.2, 0.25) is 5.02 Å². The van der Waals surface area contributed by atoms with Crippen LogP contribution >= 0.6 is 11.6 Å². The summed E-state index contributed by atoms with van der Waals surface area (Å²) >= 11 is 6.61. The van der Waals surface area contributed by atoms with Gasteiger partial charge in [-0.1, -0.05) is 23.6 Å². The number of benzene rings is 2. The zero-order valence-corrected chi connectivity index (χ0v) is 37.5. The molecule has 7 rings (SSSR count). The number of alkyl halides is 5. The van der Waals surface area contributed by atoms with Crippen molar-refractivity contribution >= 4 is 50.3 Å². The predicted molar refractivity (Wildman–Crippen MR) is 227 cm³/mol. The van der Waals surface area contributed by atoms with E-state index in [0.717, 1.165) is 18.4 Å². The van der Waals surface area contributed by atoms with Crippen LogP contribution in [0.4, 0.5) is 41.3 Å². The van der Waals surface area contributed by atoms with Gasteiger partial charge in [0.15, 0.2) is 11.5 Å². The summed E-state index contributed by atoms with van der Waals surface area (Å²) in [6.07, 6.45) is -5.50. The van der Waals surface area contributed by atoms with Crippen molar-refractivity contribution in [2.75, 3.05) is 17.5 Å². The molecule has 2 aromatic carbocycles. The van der Waals surface area contributed by atoms with Gasteiger partial charge >= 0.3 is 12.3 Å². The molecule has 0 saturated heterocycles. The molecule has 66 heavy (non-hydrogen) atoms. The molecule has 352 valence electrons. The number of hydrogen-bond donors (Lipinski definition) is 4. The van der Waals surface area contributed by atoms with Crippen molar-refractivity contribution in [2.24, 2.45) is 13.0 Å². The van der Waals surface area contributed by atoms with Crippen LogP contribution in [-0.4, -0.2) is 74.1 Å². The first-order valence-electron chi connectivity index (χ1n) is 20.2. The lowest BCUT2D eigenvalue weighted by Gasteiger charge is -2.34. The Bertz CT molecular complexity index is 2940. The minimum absolute atomic E-state index is 0.0358. The molecule has 1 saturated carbocycles. The van der Waals surface area contributed by atoms with E-state index in [0.29, 0.717) is 10.7 Å². The third-order valence-corrected chi connectivity index (χ3v) is 11.8. The molecular formula is C43H42ClF7N8O6S. The molecule has 1 fully saturated rings. The van der Waals surface area contributed by atoms with Crippen molar-refractivity contribution in [1.29, 1.82) is 0 Å². The number of amides is 2. The second-order valence-corrected chi connectivity index (χ2v) is 19.6. The number of aliphatic hydroxyl groups is 1. The fourth-order valence-electron chi connectivity index (χ4n) is 8.20. The zero-order valence-electron chi connectivity index (χ0n) is 36.0. The molecule has 0 radical (unpaired) electrons. The van der Waals surface area contributed by atoms with Gasteiger partial charge in [0, 0.05) is 35.7 Å². The number of carbonyl (C=O) groups excluding carboxylic acids is 2. The van der Waals surface area contributed by atoms with Crippen LogP contribution in [0.3, 0.4) is 0 Å². The number of fused-ring (bicyclic) bond motifs is 4. The molecule has 2 amide bonds. The first-order chi connectivity index (χ1) is 30.5. The SMILES string of the molecule is Cn1nc(NS(C)(=O)=O)c2c(Cl)ccc(-c3ccc(C#CC(C)(O)CNC(=O)OC(C)(C)C)nc3[C@H](Cc3cc(F)cc(F)c3)NC(=O)Cn3nc(C(F)(F)F)c4c3C(F)(F)[C@@H]3CC[C@H]43)c21. The number of rotatable bonds is 11. The Morgan fingerprint density at radius 1 is 1.03 bits per heavy atom. The molecule has 2 aliphatic rings. The molecular weight excluding hydrogens is 925 g/mol. The van der Waals surface area contributed by atoms with Gasteiger partial charge in [-0.25, -0.2) is 27.0 Å². The lowest BCUT2D eigenvalue weighted by atomic mass is 9.73. The maximum Gasteiger partial charge on any atom is 0.435 e. The highest BCUT2D eigenvalue weighted by Crippen LogP contribution is 2.64. The summed E-state index contributed by atoms with van der Waals surface area (Å²) in [6, 6.07) is 6.82. The second-order valence-electron chi connectivity index (χ2n) is 17.5. The highest BCUT2D eigenvalue weighted by Gasteiger charge is 2.63. The number of hydrogen-bond acceptors (Lipinski definition) is 9. The molecule has 4 N–H and O–H groups in total. The third kappa shape index (κ3) is 10.1. The number of pyridine rings is 1. The Hall–Kier alpha value is -5.92. The lowest BCUT2D eigenvalue weighted by Crippen LogP contribution is -2.42. The molecule has 0 spiro atoms. The second kappa shape index (κ2) is 17.1. The first kappa shape index (κ1) is 48.0. The van der Waals surface area contributed by atoms with Crippen LogP contribution in [0.5, 0.6) is 0 Å². The van der Waals surface area contributed by atoms with Crippen LogP contribution in [0.15, 0.2) is 42.5 Å². The Morgan fingerprint density at radius 3 is 2.30 bits per heavy atom. The number of nitrogens with one attached hydrogen (secondary N) is 3. The Morgan fingerprint density at radius 2 is 1.70 bits per heavy atom. The number of carbonyl (C=O) groups is 2. The number of nitrogens with zero attached hydrogens (tertiary/aromatic N) is 5. The topological polar surface area (TPSA) is 182 Å². The summed E-state index contributed by atoms with van der Waals surface area (Å²) in [5, 5.41) is 24.1. The number of anilines is 1. The number of halogens is 8. The van der Waals surface area contributed by atoms with Crippen molar-refractivity contribution < 1.29 is 58.6 Å². The van der Waals surface area contributed by atoms with E-state index in [1.54, 1.807) is 20.8 Å². The largest absolute Gasteiger partial charge is 0.444 e. The molecule has 23 heteroatoms. The minimum atomic E-state index is -5.13. The minimum Gasteiger partial charge on any atom is -0.444 e. The normalized spacial score (nSPS) is 18.0. The summed E-state index contributed by atoms with van der Waals surface area (Å²) in [4.78, 5) is 31.2. The van der Waals surface area contributed by atoms with Gasteiger partial charge in [-0.15, -0.1) is 0 Å². The fraction of sp³-hybridized carbons (Fsp3) is 0.419. The predicted octanol–water partition coefficient (Wildman–Crippen LogP) is 7.48. The highest BCUT2D eigenvalue weighted by molar-refractivity contribution is 7.92. The molecule has 3 heterocycles. The van der Waals surface area contributed by atoms with E-state index in [4.69, 9.17) is 21.3 Å². The Balaban J connectivity index is 1.37. The summed E-state index contributed by atoms with van der Waals surface area (Å²) in [5.41, 5.74) is -5.58. The summed E-state index contributed by atoms with van der Waals surface area (Å²) in [6.45, 7) is 4.65. The molecule has 0 aliphatic heterocycles. The number of aryl methyl sites for hydroxylation is 1. The standard InChI is InChI=1S/C43H42ClF7N8O6S/c1-40(2,3)65-39(61)52-20-41(4,62)14-13-24-7-8-25(26-10-12-29(44)33-35(26)58(5)56-38(33)57-66(6,63)64)34(53-24)30(17-21-15-22(45)18-23(46)16-21)54-31(60)19-59-37-32(36(55-59)43(49,50)51)27-9-11-28(27)42(37,47)48/h7-8,10,12,15-16,18,27-28,30,62H,9,11,17,19-20H2,1-6H3,(H,52,61)(H,54,60)(H,56,57)/t27-,28+,30-,41?/m0/s1. The van der Waals surface area contributed by atoms with Crippen LogP contribution in [0, 0.1) is 29.4 Å². The lowest BCUT2D eigenvalue weighted by molar-refractivity contribution is -0.144. The van der Waals surface area contributed by atoms with Crippen molar-refractivity contribution in [3.63, 3.8) is 0 Å². The zero-order chi connectivity index (χ0) is 48.5. The molecule has 2 aliphatic carbocycles. The van der Waals surface area contributed by atoms with Gasteiger partial charge < -0.3 is 20.5 Å². The van der Waals surface area contributed by atoms with Crippen LogP contribution in [-0.2, 0) is 51.7 Å². The number of alkyl carbamates (subject to hydrolysis) is 1. The van der Waals surface area contributed by atoms with Crippen molar-refractivity contribution in [3.8, 4) is 23.0 Å². The van der Waals surface area contributed by atoms with Gasteiger partial charge in [0.05, 0.1) is 40.5 Å². The van der Waals surface area contributed by atoms with Crippen LogP contribution in [0.25, 0.3) is 22.0 Å². The molecule has 14 nitrogen and oxygen atoms in total. The average molecular weight is 967 g/mol. The van der Waals surface area contributed by atoms with E-state index in [2.05, 4.69) is 37.4 Å². The fourth-order valence-corrected chi connectivity index (χ4v) is 8.93. The van der Waals surface area contributed by atoms with Crippen molar-refractivity contribution in [3.05, 3.63) is 93.0 Å². The van der Waals surface area contributed by atoms with Crippen LogP contribution in [0.1, 0.15) is 86.4 Å². The quantitative estimate of drug-likeness (QED) is 0.0771. The smallest absolute Gasteiger partial charge is 0.435 e. The van der Waals surface area contributed by atoms with E-state index in [1.807, 2.05) is 0 Å². The molecule has 1 unspecified atom stereocenters. The van der Waals surface area contributed by atoms with Gasteiger partial charge in [0.1, 0.15) is 40.8 Å². The number of sulfonamides is 1. The van der Waals surface area contributed by atoms with E-state index < -0.39 is 111 Å². The van der Waals surface area contributed by atoms with Crippen molar-refractivity contribution in [2.45, 2.75) is 88.8 Å². The van der Waals surface area contributed by atoms with E-state index in [-0.39, 0.29) is 62.7 Å².